The molecule has 3 rings (SSSR count). The largest absolute Gasteiger partial charge is 0.508 e. The van der Waals surface area contributed by atoms with Crippen molar-refractivity contribution in [2.45, 2.75) is 13.8 Å². The highest BCUT2D eigenvalue weighted by molar-refractivity contribution is 5.95. The normalized spacial score (nSPS) is 14.9. The van der Waals surface area contributed by atoms with Crippen molar-refractivity contribution in [3.63, 3.8) is 0 Å². The van der Waals surface area contributed by atoms with Crippen LogP contribution in [0.3, 0.4) is 0 Å². The van der Waals surface area contributed by atoms with Crippen LogP contribution in [0.25, 0.3) is 0 Å². The fourth-order valence-corrected chi connectivity index (χ4v) is 2.82. The van der Waals surface area contributed by atoms with Gasteiger partial charge in [0.15, 0.2) is 0 Å². The van der Waals surface area contributed by atoms with E-state index in [9.17, 15) is 9.90 Å². The molecule has 0 spiro atoms. The van der Waals surface area contributed by atoms with Crippen molar-refractivity contribution in [1.29, 1.82) is 0 Å². The standard InChI is InChI=1S/C17H20N4O2/c1-12-16(11-18-13(2)19-12)17(23)21-8-6-20(7-9-21)14-4-3-5-15(22)10-14/h3-5,10-11,22H,6-9H2,1-2H3. The number of nitrogens with zero attached hydrogens (tertiary/aromatic N) is 4. The molecule has 1 aliphatic heterocycles. The van der Waals surface area contributed by atoms with Gasteiger partial charge in [0.1, 0.15) is 11.6 Å². The highest BCUT2D eigenvalue weighted by atomic mass is 16.3. The molecule has 1 aromatic heterocycles. The lowest BCUT2D eigenvalue weighted by atomic mass is 10.2. The Morgan fingerprint density at radius 3 is 2.57 bits per heavy atom. The van der Waals surface area contributed by atoms with Crippen LogP contribution in [0.5, 0.6) is 5.75 Å². The number of carbonyl (C=O) groups is 1. The molecule has 1 N–H and O–H groups in total. The molecule has 1 aliphatic rings. The number of phenols is 1. The minimum atomic E-state index is -0.0157. The van der Waals surface area contributed by atoms with Crippen molar-refractivity contribution in [3.8, 4) is 5.75 Å². The van der Waals surface area contributed by atoms with Crippen molar-refractivity contribution in [2.24, 2.45) is 0 Å². The van der Waals surface area contributed by atoms with E-state index in [1.54, 1.807) is 18.3 Å². The van der Waals surface area contributed by atoms with Crippen molar-refractivity contribution in [2.75, 3.05) is 31.1 Å². The summed E-state index contributed by atoms with van der Waals surface area (Å²) in [5.41, 5.74) is 2.27. The predicted octanol–water partition coefficient (Wildman–Crippen LogP) is 1.76. The maximum absolute atomic E-state index is 12.6. The number of aromatic hydroxyl groups is 1. The minimum absolute atomic E-state index is 0.0157. The molecule has 120 valence electrons. The highest BCUT2D eigenvalue weighted by Gasteiger charge is 2.24. The molecule has 0 atom stereocenters. The van der Waals surface area contributed by atoms with Gasteiger partial charge in [0, 0.05) is 44.1 Å². The molecule has 1 fully saturated rings. The van der Waals surface area contributed by atoms with Gasteiger partial charge in [-0.1, -0.05) is 6.07 Å². The number of rotatable bonds is 2. The minimum Gasteiger partial charge on any atom is -0.508 e. The Morgan fingerprint density at radius 2 is 1.91 bits per heavy atom. The van der Waals surface area contributed by atoms with E-state index < -0.39 is 0 Å². The second-order valence-corrected chi connectivity index (χ2v) is 5.72. The number of phenolic OH excluding ortho intramolecular Hbond substituents is 1. The van der Waals surface area contributed by atoms with Gasteiger partial charge in [-0.3, -0.25) is 4.79 Å². The monoisotopic (exact) mass is 312 g/mol. The fourth-order valence-electron chi connectivity index (χ4n) is 2.82. The Hall–Kier alpha value is -2.63. The van der Waals surface area contributed by atoms with Gasteiger partial charge in [-0.05, 0) is 26.0 Å². The fraction of sp³-hybridized carbons (Fsp3) is 0.353. The molecule has 0 unspecified atom stereocenters. The van der Waals surface area contributed by atoms with Crippen LogP contribution in [-0.2, 0) is 0 Å². The van der Waals surface area contributed by atoms with Crippen LogP contribution in [-0.4, -0.2) is 52.1 Å². The van der Waals surface area contributed by atoms with Crippen molar-refractivity contribution in [1.82, 2.24) is 14.9 Å². The molecule has 6 heteroatoms. The van der Waals surface area contributed by atoms with E-state index in [-0.39, 0.29) is 11.7 Å². The molecule has 2 aromatic rings. The van der Waals surface area contributed by atoms with Crippen molar-refractivity contribution >= 4 is 11.6 Å². The number of aryl methyl sites for hydroxylation is 2. The quantitative estimate of drug-likeness (QED) is 0.915. The first kappa shape index (κ1) is 15.3. The number of anilines is 1. The highest BCUT2D eigenvalue weighted by Crippen LogP contribution is 2.21. The molecule has 2 heterocycles. The summed E-state index contributed by atoms with van der Waals surface area (Å²) in [5, 5.41) is 9.58. The number of hydrogen-bond donors (Lipinski definition) is 1. The number of hydrogen-bond acceptors (Lipinski definition) is 5. The Labute approximate surface area is 135 Å². The first-order chi connectivity index (χ1) is 11.0. The molecule has 0 aliphatic carbocycles. The zero-order valence-electron chi connectivity index (χ0n) is 13.4. The lowest BCUT2D eigenvalue weighted by Gasteiger charge is -2.36. The summed E-state index contributed by atoms with van der Waals surface area (Å²) in [6, 6.07) is 7.20. The van der Waals surface area contributed by atoms with Crippen LogP contribution in [0.2, 0.25) is 0 Å². The summed E-state index contributed by atoms with van der Waals surface area (Å²) < 4.78 is 0. The summed E-state index contributed by atoms with van der Waals surface area (Å²) in [6.07, 6.45) is 1.61. The molecule has 23 heavy (non-hydrogen) atoms. The summed E-state index contributed by atoms with van der Waals surface area (Å²) in [5.74, 6) is 0.916. The number of benzene rings is 1. The van der Waals surface area contributed by atoms with E-state index in [0.29, 0.717) is 24.5 Å². The van der Waals surface area contributed by atoms with E-state index in [4.69, 9.17) is 0 Å². The molecule has 0 saturated carbocycles. The molecule has 0 radical (unpaired) electrons. The van der Waals surface area contributed by atoms with Gasteiger partial charge in [-0.2, -0.15) is 0 Å². The van der Waals surface area contributed by atoms with Crippen LogP contribution in [0.15, 0.2) is 30.5 Å². The molecular weight excluding hydrogens is 292 g/mol. The summed E-state index contributed by atoms with van der Waals surface area (Å²) in [7, 11) is 0. The van der Waals surface area contributed by atoms with Crippen molar-refractivity contribution in [3.05, 3.63) is 47.5 Å². The Balaban J connectivity index is 1.68. The van der Waals surface area contributed by atoms with Crippen LogP contribution in [0.4, 0.5) is 5.69 Å². The Morgan fingerprint density at radius 1 is 1.17 bits per heavy atom. The number of carbonyl (C=O) groups excluding carboxylic acids is 1. The van der Waals surface area contributed by atoms with Crippen LogP contribution >= 0.6 is 0 Å². The van der Waals surface area contributed by atoms with E-state index in [2.05, 4.69) is 14.9 Å². The average Bonchev–Trinajstić information content (AvgIpc) is 2.54. The number of aromatic nitrogens is 2. The summed E-state index contributed by atoms with van der Waals surface area (Å²) >= 11 is 0. The van der Waals surface area contributed by atoms with Crippen molar-refractivity contribution < 1.29 is 9.90 Å². The Kier molecular flexibility index (Phi) is 4.14. The van der Waals surface area contributed by atoms with Crippen LogP contribution in [0, 0.1) is 13.8 Å². The third kappa shape index (κ3) is 3.26. The zero-order chi connectivity index (χ0) is 16.4. The maximum atomic E-state index is 12.6. The lowest BCUT2D eigenvalue weighted by Crippen LogP contribution is -2.49. The zero-order valence-corrected chi connectivity index (χ0v) is 13.4. The molecular formula is C17H20N4O2. The maximum Gasteiger partial charge on any atom is 0.257 e. The second kappa shape index (κ2) is 6.24. The lowest BCUT2D eigenvalue weighted by molar-refractivity contribution is 0.0745. The average molecular weight is 312 g/mol. The summed E-state index contributed by atoms with van der Waals surface area (Å²) in [4.78, 5) is 25.0. The van der Waals surface area contributed by atoms with E-state index >= 15 is 0 Å². The third-order valence-corrected chi connectivity index (χ3v) is 4.09. The SMILES string of the molecule is Cc1ncc(C(=O)N2CCN(c3cccc(O)c3)CC2)c(C)n1. The first-order valence-corrected chi connectivity index (χ1v) is 7.68. The van der Waals surface area contributed by atoms with Gasteiger partial charge in [0.25, 0.3) is 5.91 Å². The van der Waals surface area contributed by atoms with E-state index in [1.165, 1.54) is 0 Å². The van der Waals surface area contributed by atoms with Gasteiger partial charge < -0.3 is 14.9 Å². The van der Waals surface area contributed by atoms with E-state index in [1.807, 2.05) is 30.9 Å². The van der Waals surface area contributed by atoms with Crippen LogP contribution in [0.1, 0.15) is 21.9 Å². The summed E-state index contributed by atoms with van der Waals surface area (Å²) in [6.45, 7) is 6.41. The molecule has 0 bridgehead atoms. The molecule has 1 amide bonds. The third-order valence-electron chi connectivity index (χ3n) is 4.09. The predicted molar refractivity (Wildman–Crippen MR) is 87.7 cm³/mol. The molecule has 1 aromatic carbocycles. The number of amides is 1. The van der Waals surface area contributed by atoms with Gasteiger partial charge in [-0.25, -0.2) is 9.97 Å². The van der Waals surface area contributed by atoms with Gasteiger partial charge in [0.2, 0.25) is 0 Å². The Bertz CT molecular complexity index is 724. The molecule has 6 nitrogen and oxygen atoms in total. The second-order valence-electron chi connectivity index (χ2n) is 5.72. The smallest absolute Gasteiger partial charge is 0.257 e. The van der Waals surface area contributed by atoms with Gasteiger partial charge in [0.05, 0.1) is 11.3 Å². The van der Waals surface area contributed by atoms with Crippen LogP contribution < -0.4 is 4.90 Å². The first-order valence-electron chi connectivity index (χ1n) is 7.68. The van der Waals surface area contributed by atoms with Gasteiger partial charge in [-0.15, -0.1) is 0 Å². The molecule has 1 saturated heterocycles. The van der Waals surface area contributed by atoms with E-state index in [0.717, 1.165) is 24.5 Å². The topological polar surface area (TPSA) is 69.6 Å². The number of piperazine rings is 1. The van der Waals surface area contributed by atoms with Gasteiger partial charge >= 0.3 is 0 Å².